The maximum Gasteiger partial charge on any atom is 0.195 e. The molecule has 6 heteroatoms. The van der Waals surface area contributed by atoms with E-state index in [4.69, 9.17) is 14.2 Å². The van der Waals surface area contributed by atoms with Gasteiger partial charge in [0.05, 0.1) is 14.2 Å². The van der Waals surface area contributed by atoms with Crippen molar-refractivity contribution in [2.45, 2.75) is 6.61 Å². The molecule has 0 bridgehead atoms. The summed E-state index contributed by atoms with van der Waals surface area (Å²) in [6.07, 6.45) is 3.48. The lowest BCUT2D eigenvalue weighted by atomic mass is 9.97. The zero-order chi connectivity index (χ0) is 24.2. The van der Waals surface area contributed by atoms with Gasteiger partial charge >= 0.3 is 0 Å². The smallest absolute Gasteiger partial charge is 0.195 e. The standard InChI is InChI=1S/C29H23NO4S/c1-32-22-7-5-21(6-8-22)29-27(25-12-11-24(33-2)17-26(25)35-29)28(31)20-3-9-23(10-4-20)34-18-19-13-15-30-16-14-19/h3-17H,18H2,1-2H3. The van der Waals surface area contributed by atoms with E-state index in [1.54, 1.807) is 38.0 Å². The molecule has 0 saturated carbocycles. The van der Waals surface area contributed by atoms with Gasteiger partial charge in [0, 0.05) is 38.5 Å². The summed E-state index contributed by atoms with van der Waals surface area (Å²) in [7, 11) is 3.28. The molecule has 0 saturated heterocycles. The molecule has 0 aliphatic rings. The van der Waals surface area contributed by atoms with Crippen LogP contribution in [0.15, 0.2) is 91.3 Å². The van der Waals surface area contributed by atoms with E-state index < -0.39 is 0 Å². The second-order valence-corrected chi connectivity index (χ2v) is 8.95. The minimum absolute atomic E-state index is 0.0343. The molecule has 2 heterocycles. The van der Waals surface area contributed by atoms with Crippen molar-refractivity contribution in [1.82, 2.24) is 4.98 Å². The molecule has 0 N–H and O–H groups in total. The van der Waals surface area contributed by atoms with E-state index in [0.717, 1.165) is 37.6 Å². The molecule has 0 amide bonds. The van der Waals surface area contributed by atoms with Crippen LogP contribution < -0.4 is 14.2 Å². The monoisotopic (exact) mass is 481 g/mol. The molecule has 0 atom stereocenters. The Bertz CT molecular complexity index is 1460. The summed E-state index contributed by atoms with van der Waals surface area (Å²) < 4.78 is 17.6. The Morgan fingerprint density at radius 1 is 0.800 bits per heavy atom. The van der Waals surface area contributed by atoms with Gasteiger partial charge in [-0.3, -0.25) is 9.78 Å². The number of thiophene rings is 1. The number of carbonyl (C=O) groups excluding carboxylic acids is 1. The van der Waals surface area contributed by atoms with Crippen LogP contribution in [0.1, 0.15) is 21.5 Å². The first kappa shape index (κ1) is 22.6. The maximum atomic E-state index is 13.8. The summed E-state index contributed by atoms with van der Waals surface area (Å²) in [4.78, 5) is 18.7. The zero-order valence-corrected chi connectivity index (χ0v) is 20.2. The highest BCUT2D eigenvalue weighted by Gasteiger charge is 2.22. The van der Waals surface area contributed by atoms with E-state index in [0.29, 0.717) is 23.5 Å². The Morgan fingerprint density at radius 2 is 1.46 bits per heavy atom. The van der Waals surface area contributed by atoms with Gasteiger partial charge in [0.25, 0.3) is 0 Å². The normalized spacial score (nSPS) is 10.8. The number of ketones is 1. The zero-order valence-electron chi connectivity index (χ0n) is 19.4. The Hall–Kier alpha value is -4.16. The van der Waals surface area contributed by atoms with Gasteiger partial charge in [0.1, 0.15) is 23.9 Å². The van der Waals surface area contributed by atoms with Gasteiger partial charge in [-0.2, -0.15) is 0 Å². The molecule has 5 nitrogen and oxygen atoms in total. The van der Waals surface area contributed by atoms with Gasteiger partial charge in [-0.05, 0) is 90.0 Å². The number of methoxy groups -OCH3 is 2. The van der Waals surface area contributed by atoms with Crippen LogP contribution in [-0.2, 0) is 6.61 Å². The predicted molar refractivity (Wildman–Crippen MR) is 139 cm³/mol. The van der Waals surface area contributed by atoms with Crippen molar-refractivity contribution in [3.8, 4) is 27.7 Å². The molecule has 2 aromatic heterocycles. The van der Waals surface area contributed by atoms with E-state index in [2.05, 4.69) is 4.98 Å². The van der Waals surface area contributed by atoms with Crippen molar-refractivity contribution < 1.29 is 19.0 Å². The van der Waals surface area contributed by atoms with Crippen LogP contribution in [0.2, 0.25) is 0 Å². The average molecular weight is 482 g/mol. The number of ether oxygens (including phenoxy) is 3. The number of pyridine rings is 1. The third-order valence-electron chi connectivity index (χ3n) is 5.75. The molecule has 5 aromatic rings. The van der Waals surface area contributed by atoms with E-state index in [1.165, 1.54) is 0 Å². The lowest BCUT2D eigenvalue weighted by Crippen LogP contribution is -2.02. The first-order valence-electron chi connectivity index (χ1n) is 11.1. The van der Waals surface area contributed by atoms with Crippen molar-refractivity contribution >= 4 is 27.2 Å². The second-order valence-electron chi connectivity index (χ2n) is 7.89. The number of fused-ring (bicyclic) bond motifs is 1. The summed E-state index contributed by atoms with van der Waals surface area (Å²) in [5, 5.41) is 0.907. The molecule has 0 unspecified atom stereocenters. The Morgan fingerprint density at radius 3 is 2.14 bits per heavy atom. The predicted octanol–water partition coefficient (Wildman–Crippen LogP) is 6.79. The fourth-order valence-corrected chi connectivity index (χ4v) is 5.10. The van der Waals surface area contributed by atoms with Crippen molar-refractivity contribution in [3.05, 3.63) is 108 Å². The number of hydrogen-bond donors (Lipinski definition) is 0. The van der Waals surface area contributed by atoms with Crippen LogP contribution in [0, 0.1) is 0 Å². The van der Waals surface area contributed by atoms with Crippen LogP contribution >= 0.6 is 11.3 Å². The van der Waals surface area contributed by atoms with Gasteiger partial charge in [-0.1, -0.05) is 0 Å². The van der Waals surface area contributed by atoms with Gasteiger partial charge in [0.2, 0.25) is 0 Å². The van der Waals surface area contributed by atoms with Crippen molar-refractivity contribution in [2.75, 3.05) is 14.2 Å². The highest BCUT2D eigenvalue weighted by molar-refractivity contribution is 7.22. The number of hydrogen-bond acceptors (Lipinski definition) is 6. The molecule has 174 valence electrons. The lowest BCUT2D eigenvalue weighted by molar-refractivity contribution is 0.104. The molecular formula is C29H23NO4S. The fourth-order valence-electron chi connectivity index (χ4n) is 3.87. The number of aromatic nitrogens is 1. The van der Waals surface area contributed by atoms with E-state index in [1.807, 2.05) is 78.9 Å². The molecule has 0 fully saturated rings. The molecule has 35 heavy (non-hydrogen) atoms. The number of rotatable bonds is 8. The van der Waals surface area contributed by atoms with Crippen LogP contribution in [0.25, 0.3) is 20.5 Å². The molecule has 0 spiro atoms. The summed E-state index contributed by atoms with van der Waals surface area (Å²) >= 11 is 1.58. The molecule has 0 aliphatic heterocycles. The lowest BCUT2D eigenvalue weighted by Gasteiger charge is -2.09. The summed E-state index contributed by atoms with van der Waals surface area (Å²) in [5.41, 5.74) is 3.28. The topological polar surface area (TPSA) is 57.7 Å². The minimum Gasteiger partial charge on any atom is -0.497 e. The van der Waals surface area contributed by atoms with Crippen molar-refractivity contribution in [1.29, 1.82) is 0 Å². The van der Waals surface area contributed by atoms with Gasteiger partial charge in [0.15, 0.2) is 5.78 Å². The summed E-state index contributed by atoms with van der Waals surface area (Å²) in [6.45, 7) is 0.439. The van der Waals surface area contributed by atoms with E-state index in [9.17, 15) is 4.79 Å². The first-order chi connectivity index (χ1) is 17.2. The summed E-state index contributed by atoms with van der Waals surface area (Å²) in [5.74, 6) is 2.20. The van der Waals surface area contributed by atoms with Crippen LogP contribution in [0.3, 0.4) is 0 Å². The molecule has 5 rings (SSSR count). The highest BCUT2D eigenvalue weighted by Crippen LogP contribution is 2.41. The molecule has 0 radical (unpaired) electrons. The number of carbonyl (C=O) groups is 1. The van der Waals surface area contributed by atoms with Crippen LogP contribution in [-0.4, -0.2) is 25.0 Å². The molecule has 3 aromatic carbocycles. The van der Waals surface area contributed by atoms with Gasteiger partial charge < -0.3 is 14.2 Å². The van der Waals surface area contributed by atoms with Crippen LogP contribution in [0.5, 0.6) is 17.2 Å². The summed E-state index contributed by atoms with van der Waals surface area (Å²) in [6, 6.07) is 24.7. The highest BCUT2D eigenvalue weighted by atomic mass is 32.1. The third-order valence-corrected chi connectivity index (χ3v) is 6.95. The second kappa shape index (κ2) is 9.99. The van der Waals surface area contributed by atoms with Gasteiger partial charge in [-0.15, -0.1) is 11.3 Å². The average Bonchev–Trinajstić information content (AvgIpc) is 3.31. The van der Waals surface area contributed by atoms with Crippen LogP contribution in [0.4, 0.5) is 0 Å². The number of benzene rings is 3. The van der Waals surface area contributed by atoms with Crippen molar-refractivity contribution in [2.24, 2.45) is 0 Å². The van der Waals surface area contributed by atoms with Crippen molar-refractivity contribution in [3.63, 3.8) is 0 Å². The SMILES string of the molecule is COc1ccc(-c2sc3cc(OC)ccc3c2C(=O)c2ccc(OCc3ccncc3)cc2)cc1. The Labute approximate surface area is 207 Å². The minimum atomic E-state index is -0.0343. The fraction of sp³-hybridized carbons (Fsp3) is 0.103. The van der Waals surface area contributed by atoms with E-state index in [-0.39, 0.29) is 5.78 Å². The number of nitrogens with zero attached hydrogens (tertiary/aromatic N) is 1. The maximum absolute atomic E-state index is 13.8. The molecular weight excluding hydrogens is 458 g/mol. The quantitative estimate of drug-likeness (QED) is 0.228. The third kappa shape index (κ3) is 4.74. The first-order valence-corrected chi connectivity index (χ1v) is 11.9. The Balaban J connectivity index is 1.49. The Kier molecular flexibility index (Phi) is 6.46. The van der Waals surface area contributed by atoms with Gasteiger partial charge in [-0.25, -0.2) is 0 Å². The van der Waals surface area contributed by atoms with E-state index >= 15 is 0 Å². The molecule has 0 aliphatic carbocycles. The largest absolute Gasteiger partial charge is 0.497 e.